The Bertz CT molecular complexity index is 408. The van der Waals surface area contributed by atoms with Gasteiger partial charge in [0.15, 0.2) is 0 Å². The minimum absolute atomic E-state index is 0.00516. The molecule has 0 unspecified atom stereocenters. The molecule has 2 aliphatic carbocycles. The molecule has 0 radical (unpaired) electrons. The highest BCUT2D eigenvalue weighted by Gasteiger charge is 2.63. The van der Waals surface area contributed by atoms with Crippen LogP contribution in [-0.4, -0.2) is 29.5 Å². The number of ether oxygens (including phenoxy) is 1. The molecular weight excluding hydrogens is 324 g/mol. The van der Waals surface area contributed by atoms with Crippen molar-refractivity contribution in [2.75, 3.05) is 11.9 Å². The van der Waals surface area contributed by atoms with Crippen molar-refractivity contribution in [2.45, 2.75) is 51.9 Å². The van der Waals surface area contributed by atoms with Crippen LogP contribution in [0.25, 0.3) is 0 Å². The van der Waals surface area contributed by atoms with Crippen molar-refractivity contribution in [3.63, 3.8) is 0 Å². The van der Waals surface area contributed by atoms with Crippen LogP contribution < -0.4 is 0 Å². The molecule has 0 heterocycles. The summed E-state index contributed by atoms with van der Waals surface area (Å²) in [4.78, 5) is 36.9. The second kappa shape index (κ2) is 5.96. The highest BCUT2D eigenvalue weighted by molar-refractivity contribution is 9.09. The van der Waals surface area contributed by atoms with E-state index in [4.69, 9.17) is 4.74 Å². The van der Waals surface area contributed by atoms with Crippen LogP contribution in [-0.2, 0) is 19.1 Å². The molecule has 0 N–H and O–H groups in total. The Morgan fingerprint density at radius 1 is 1.20 bits per heavy atom. The number of halogens is 1. The van der Waals surface area contributed by atoms with E-state index in [0.29, 0.717) is 24.8 Å². The van der Waals surface area contributed by atoms with Gasteiger partial charge in [-0.2, -0.15) is 0 Å². The fourth-order valence-corrected chi connectivity index (χ4v) is 5.21. The first kappa shape index (κ1) is 15.7. The molecule has 0 atom stereocenters. The zero-order valence-electron chi connectivity index (χ0n) is 11.9. The molecule has 2 saturated carbocycles. The van der Waals surface area contributed by atoms with Crippen LogP contribution in [0.15, 0.2) is 0 Å². The van der Waals surface area contributed by atoms with Gasteiger partial charge in [0.2, 0.25) is 0 Å². The molecule has 0 spiro atoms. The van der Waals surface area contributed by atoms with Crippen molar-refractivity contribution in [3.05, 3.63) is 0 Å². The predicted molar refractivity (Wildman–Crippen MR) is 77.6 cm³/mol. The number of alkyl halides is 1. The van der Waals surface area contributed by atoms with E-state index in [2.05, 4.69) is 15.9 Å². The maximum atomic E-state index is 12.5. The first-order chi connectivity index (χ1) is 9.52. The largest absolute Gasteiger partial charge is 0.466 e. The molecule has 2 aliphatic rings. The molecule has 0 aliphatic heterocycles. The molecule has 2 fully saturated rings. The molecule has 5 heteroatoms. The Morgan fingerprint density at radius 3 is 2.20 bits per heavy atom. The lowest BCUT2D eigenvalue weighted by atomic mass is 9.59. The zero-order valence-corrected chi connectivity index (χ0v) is 13.5. The minimum Gasteiger partial charge on any atom is -0.466 e. The summed E-state index contributed by atoms with van der Waals surface area (Å²) in [5, 5.41) is 0.330. The summed E-state index contributed by atoms with van der Waals surface area (Å²) in [6.07, 6.45) is 4.27. The SMILES string of the molecule is CCOC(=O)CC1(C2(CBr)C(=O)CCC2=O)CCCC1. The van der Waals surface area contributed by atoms with Crippen molar-refractivity contribution in [3.8, 4) is 0 Å². The van der Waals surface area contributed by atoms with Gasteiger partial charge < -0.3 is 4.74 Å². The minimum atomic E-state index is -1.00. The summed E-state index contributed by atoms with van der Waals surface area (Å²) in [6, 6.07) is 0. The Morgan fingerprint density at radius 2 is 1.75 bits per heavy atom. The second-order valence-electron chi connectivity index (χ2n) is 5.85. The van der Waals surface area contributed by atoms with Gasteiger partial charge in [0.05, 0.1) is 13.0 Å². The first-order valence-corrected chi connectivity index (χ1v) is 8.43. The molecule has 2 rings (SSSR count). The summed E-state index contributed by atoms with van der Waals surface area (Å²) < 4.78 is 5.07. The third-order valence-corrected chi connectivity index (χ3v) is 5.83. The van der Waals surface area contributed by atoms with E-state index in [-0.39, 0.29) is 24.0 Å². The van der Waals surface area contributed by atoms with Gasteiger partial charge >= 0.3 is 5.97 Å². The van der Waals surface area contributed by atoms with Crippen molar-refractivity contribution < 1.29 is 19.1 Å². The van der Waals surface area contributed by atoms with E-state index in [0.717, 1.165) is 25.7 Å². The summed E-state index contributed by atoms with van der Waals surface area (Å²) in [5.74, 6) is -0.279. The molecule has 112 valence electrons. The summed E-state index contributed by atoms with van der Waals surface area (Å²) in [6.45, 7) is 2.10. The van der Waals surface area contributed by atoms with Gasteiger partial charge in [-0.05, 0) is 19.8 Å². The van der Waals surface area contributed by atoms with Crippen LogP contribution in [0.2, 0.25) is 0 Å². The number of rotatable bonds is 5. The quantitative estimate of drug-likeness (QED) is 0.437. The lowest BCUT2D eigenvalue weighted by molar-refractivity contribution is -0.152. The molecule has 4 nitrogen and oxygen atoms in total. The van der Waals surface area contributed by atoms with Gasteiger partial charge in [-0.25, -0.2) is 0 Å². The van der Waals surface area contributed by atoms with Crippen LogP contribution in [0.4, 0.5) is 0 Å². The molecule has 0 aromatic rings. The Balaban J connectivity index is 2.38. The van der Waals surface area contributed by atoms with Crippen molar-refractivity contribution in [1.82, 2.24) is 0 Å². The molecule has 20 heavy (non-hydrogen) atoms. The molecule has 0 saturated heterocycles. The maximum absolute atomic E-state index is 12.5. The van der Waals surface area contributed by atoms with Crippen molar-refractivity contribution in [1.29, 1.82) is 0 Å². The Kier molecular flexibility index (Phi) is 4.67. The summed E-state index contributed by atoms with van der Waals surface area (Å²) >= 11 is 3.39. The molecule has 0 aromatic carbocycles. The first-order valence-electron chi connectivity index (χ1n) is 7.30. The molecular formula is C15H21BrO4. The van der Waals surface area contributed by atoms with Crippen LogP contribution >= 0.6 is 15.9 Å². The predicted octanol–water partition coefficient (Wildman–Crippen LogP) is 2.81. The summed E-state index contributed by atoms with van der Waals surface area (Å²) in [7, 11) is 0. The van der Waals surface area contributed by atoms with Crippen LogP contribution in [0.5, 0.6) is 0 Å². The lowest BCUT2D eigenvalue weighted by Crippen LogP contribution is -2.51. The van der Waals surface area contributed by atoms with Gasteiger partial charge in [-0.1, -0.05) is 28.8 Å². The van der Waals surface area contributed by atoms with Crippen LogP contribution in [0.3, 0.4) is 0 Å². The second-order valence-corrected chi connectivity index (χ2v) is 6.42. The van der Waals surface area contributed by atoms with Gasteiger partial charge in [-0.15, -0.1) is 0 Å². The van der Waals surface area contributed by atoms with Gasteiger partial charge in [0.1, 0.15) is 17.0 Å². The number of carbonyl (C=O) groups is 3. The normalized spacial score (nSPS) is 24.1. The number of carbonyl (C=O) groups excluding carboxylic acids is 3. The van der Waals surface area contributed by atoms with E-state index in [1.54, 1.807) is 6.92 Å². The monoisotopic (exact) mass is 344 g/mol. The highest BCUT2D eigenvalue weighted by atomic mass is 79.9. The average molecular weight is 345 g/mol. The molecule has 0 amide bonds. The summed E-state index contributed by atoms with van der Waals surface area (Å²) in [5.41, 5.74) is -1.54. The topological polar surface area (TPSA) is 60.4 Å². The lowest BCUT2D eigenvalue weighted by Gasteiger charge is -2.42. The van der Waals surface area contributed by atoms with E-state index < -0.39 is 10.8 Å². The van der Waals surface area contributed by atoms with E-state index >= 15 is 0 Å². The maximum Gasteiger partial charge on any atom is 0.306 e. The highest BCUT2D eigenvalue weighted by Crippen LogP contribution is 2.58. The fraction of sp³-hybridized carbons (Fsp3) is 0.800. The number of esters is 1. The van der Waals surface area contributed by atoms with Crippen LogP contribution in [0.1, 0.15) is 51.9 Å². The van der Waals surface area contributed by atoms with Crippen LogP contribution in [0, 0.1) is 10.8 Å². The zero-order chi connectivity index (χ0) is 14.8. The molecule has 0 bridgehead atoms. The molecule has 0 aromatic heterocycles. The van der Waals surface area contributed by atoms with Gasteiger partial charge in [0.25, 0.3) is 0 Å². The Labute approximate surface area is 127 Å². The Hall–Kier alpha value is -0.710. The van der Waals surface area contributed by atoms with E-state index in [9.17, 15) is 14.4 Å². The van der Waals surface area contributed by atoms with E-state index in [1.165, 1.54) is 0 Å². The smallest absolute Gasteiger partial charge is 0.306 e. The third kappa shape index (κ3) is 2.24. The van der Waals surface area contributed by atoms with Gasteiger partial charge in [0, 0.05) is 23.6 Å². The average Bonchev–Trinajstić information content (AvgIpc) is 2.97. The fourth-order valence-electron chi connectivity index (χ4n) is 3.99. The van der Waals surface area contributed by atoms with Crippen molar-refractivity contribution in [2.24, 2.45) is 10.8 Å². The number of ketones is 2. The number of Topliss-reactive ketones (excluding diaryl/α,β-unsaturated/α-hetero) is 2. The third-order valence-electron chi connectivity index (χ3n) is 4.99. The number of hydrogen-bond donors (Lipinski definition) is 0. The van der Waals surface area contributed by atoms with Gasteiger partial charge in [-0.3, -0.25) is 14.4 Å². The standard InChI is InChI=1S/C15H21BrO4/c1-2-20-13(19)9-14(7-3-4-8-14)15(10-16)11(17)5-6-12(15)18/h2-10H2,1H3. The van der Waals surface area contributed by atoms with Crippen molar-refractivity contribution >= 4 is 33.5 Å². The van der Waals surface area contributed by atoms with E-state index in [1.807, 2.05) is 0 Å². The number of hydrogen-bond acceptors (Lipinski definition) is 4.